The molecule has 0 bridgehead atoms. The van der Waals surface area contributed by atoms with E-state index in [1.807, 2.05) is 0 Å². The van der Waals surface area contributed by atoms with Crippen LogP contribution in [0.5, 0.6) is 0 Å². The number of hydrogen-bond acceptors (Lipinski definition) is 6. The molecular formula is C2F6O6PbS2. The molecule has 0 aliphatic heterocycles. The first-order valence-corrected chi connectivity index (χ1v) is 5.36. The van der Waals surface area contributed by atoms with Crippen LogP contribution in [-0.2, 0) is 20.2 Å². The van der Waals surface area contributed by atoms with Gasteiger partial charge >= 0.3 is 38.3 Å². The zero-order valence-corrected chi connectivity index (χ0v) is 12.6. The van der Waals surface area contributed by atoms with Crippen molar-refractivity contribution >= 4 is 47.5 Å². The van der Waals surface area contributed by atoms with Crippen LogP contribution >= 0.6 is 0 Å². The summed E-state index contributed by atoms with van der Waals surface area (Å²) in [4.78, 5) is 0. The first-order chi connectivity index (χ1) is 6.50. The van der Waals surface area contributed by atoms with Crippen LogP contribution in [0.25, 0.3) is 0 Å². The van der Waals surface area contributed by atoms with Crippen LogP contribution in [0, 0.1) is 0 Å². The molecule has 0 fully saturated rings. The van der Waals surface area contributed by atoms with E-state index in [0.717, 1.165) is 0 Å². The summed E-state index contributed by atoms with van der Waals surface area (Å²) < 4.78 is 118. The first-order valence-electron chi connectivity index (χ1n) is 2.54. The Morgan fingerprint density at radius 2 is 0.706 bits per heavy atom. The molecule has 17 heavy (non-hydrogen) atoms. The van der Waals surface area contributed by atoms with Gasteiger partial charge in [-0.1, -0.05) is 0 Å². The summed E-state index contributed by atoms with van der Waals surface area (Å²) in [5.74, 6) is 0. The quantitative estimate of drug-likeness (QED) is 0.194. The van der Waals surface area contributed by atoms with Crippen LogP contribution in [0.4, 0.5) is 26.3 Å². The van der Waals surface area contributed by atoms with Gasteiger partial charge in [-0.15, -0.1) is 0 Å². The molecule has 0 aromatic carbocycles. The van der Waals surface area contributed by atoms with Gasteiger partial charge in [0.25, 0.3) is 0 Å². The van der Waals surface area contributed by atoms with E-state index in [0.29, 0.717) is 0 Å². The molecule has 0 rings (SSSR count). The number of rotatable bonds is 0. The van der Waals surface area contributed by atoms with Crippen LogP contribution in [0.2, 0.25) is 0 Å². The summed E-state index contributed by atoms with van der Waals surface area (Å²) in [6.45, 7) is 0. The van der Waals surface area contributed by atoms with E-state index in [1.54, 1.807) is 0 Å². The van der Waals surface area contributed by atoms with E-state index in [9.17, 15) is 26.3 Å². The van der Waals surface area contributed by atoms with Crippen molar-refractivity contribution in [3.8, 4) is 0 Å². The average molecular weight is 505 g/mol. The van der Waals surface area contributed by atoms with E-state index in [2.05, 4.69) is 0 Å². The van der Waals surface area contributed by atoms with Crippen molar-refractivity contribution < 1.29 is 52.3 Å². The minimum atomic E-state index is -6.09. The van der Waals surface area contributed by atoms with Gasteiger partial charge < -0.3 is 9.11 Å². The van der Waals surface area contributed by atoms with Crippen LogP contribution in [0.3, 0.4) is 0 Å². The standard InChI is InChI=1S/2CHF3O3S.Pb/c2*2-1(3,4)8(5,6)7;/h2*(H,5,6,7);/q;;+2/p-2. The van der Waals surface area contributed by atoms with E-state index in [-0.39, 0.29) is 27.3 Å². The molecule has 6 nitrogen and oxygen atoms in total. The molecule has 0 aromatic heterocycles. The number of hydrogen-bond donors (Lipinski definition) is 0. The summed E-state index contributed by atoms with van der Waals surface area (Å²) in [6.07, 6.45) is 0. The molecule has 0 N–H and O–H groups in total. The predicted octanol–water partition coefficient (Wildman–Crippen LogP) is -0.278. The predicted molar refractivity (Wildman–Crippen MR) is 37.3 cm³/mol. The van der Waals surface area contributed by atoms with E-state index >= 15 is 0 Å². The molecule has 0 aliphatic rings. The monoisotopic (exact) mass is 506 g/mol. The molecule has 0 amide bonds. The maximum atomic E-state index is 10.7. The molecule has 0 atom stereocenters. The fourth-order valence-electron chi connectivity index (χ4n) is 0. The van der Waals surface area contributed by atoms with Gasteiger partial charge in [-0.2, -0.15) is 26.3 Å². The van der Waals surface area contributed by atoms with Gasteiger partial charge in [0.15, 0.2) is 20.2 Å². The second-order valence-electron chi connectivity index (χ2n) is 1.80. The summed E-state index contributed by atoms with van der Waals surface area (Å²) in [5.41, 5.74) is -11.3. The average Bonchev–Trinajstić information content (AvgIpc) is 1.77. The Hall–Kier alpha value is 0.322. The van der Waals surface area contributed by atoms with Crippen molar-refractivity contribution in [2.75, 3.05) is 0 Å². The van der Waals surface area contributed by atoms with E-state index < -0.39 is 31.3 Å². The van der Waals surface area contributed by atoms with Gasteiger partial charge in [0, 0.05) is 0 Å². The molecule has 2 radical (unpaired) electrons. The minimum absolute atomic E-state index is 0. The molecule has 0 unspecified atom stereocenters. The third kappa shape index (κ3) is 9.97. The van der Waals surface area contributed by atoms with Gasteiger partial charge in [-0.25, -0.2) is 16.8 Å². The van der Waals surface area contributed by atoms with Gasteiger partial charge in [-0.3, -0.25) is 0 Å². The molecule has 0 heterocycles. The van der Waals surface area contributed by atoms with Crippen LogP contribution in [0.1, 0.15) is 0 Å². The van der Waals surface area contributed by atoms with Crippen LogP contribution in [-0.4, -0.2) is 64.3 Å². The molecule has 0 aromatic rings. The minimum Gasteiger partial charge on any atom is -0.741 e. The van der Waals surface area contributed by atoms with Crippen molar-refractivity contribution in [3.63, 3.8) is 0 Å². The van der Waals surface area contributed by atoms with E-state index in [4.69, 9.17) is 25.9 Å². The Bertz CT molecular complexity index is 374. The van der Waals surface area contributed by atoms with Crippen molar-refractivity contribution in [1.82, 2.24) is 0 Å². The number of halogens is 6. The van der Waals surface area contributed by atoms with E-state index in [1.165, 1.54) is 0 Å². The SMILES string of the molecule is O=S(=O)([O-])C(F)(F)F.O=S(=O)([O-])C(F)(F)F.[Pb+2]. The Balaban J connectivity index is -0.000000218. The zero-order chi connectivity index (χ0) is 14.0. The van der Waals surface area contributed by atoms with Crippen LogP contribution in [0.15, 0.2) is 0 Å². The second-order valence-corrected chi connectivity index (χ2v) is 4.54. The maximum Gasteiger partial charge on any atom is 2.00 e. The topological polar surface area (TPSA) is 114 Å². The molecule has 0 aliphatic carbocycles. The third-order valence-electron chi connectivity index (χ3n) is 0.567. The summed E-state index contributed by atoms with van der Waals surface area (Å²) in [6, 6.07) is 0. The Morgan fingerprint density at radius 3 is 0.706 bits per heavy atom. The molecule has 15 heteroatoms. The maximum absolute atomic E-state index is 10.7. The van der Waals surface area contributed by atoms with Crippen molar-refractivity contribution in [1.29, 1.82) is 0 Å². The summed E-state index contributed by atoms with van der Waals surface area (Å²) in [5, 5.41) is 0. The van der Waals surface area contributed by atoms with Crippen molar-refractivity contribution in [3.05, 3.63) is 0 Å². The Labute approximate surface area is 111 Å². The third-order valence-corrected chi connectivity index (χ3v) is 1.70. The van der Waals surface area contributed by atoms with Crippen molar-refractivity contribution in [2.45, 2.75) is 11.0 Å². The first kappa shape index (κ1) is 22.5. The fourth-order valence-corrected chi connectivity index (χ4v) is 0. The van der Waals surface area contributed by atoms with Crippen LogP contribution < -0.4 is 0 Å². The largest absolute Gasteiger partial charge is 2.00 e. The number of alkyl halides is 6. The molecule has 102 valence electrons. The molecule has 0 spiro atoms. The van der Waals surface area contributed by atoms with Gasteiger partial charge in [0.05, 0.1) is 0 Å². The zero-order valence-electron chi connectivity index (χ0n) is 7.03. The summed E-state index contributed by atoms with van der Waals surface area (Å²) in [7, 11) is -12.2. The van der Waals surface area contributed by atoms with Crippen molar-refractivity contribution in [2.24, 2.45) is 0 Å². The van der Waals surface area contributed by atoms with Gasteiger partial charge in [0.1, 0.15) is 0 Å². The Morgan fingerprint density at radius 1 is 0.647 bits per heavy atom. The van der Waals surface area contributed by atoms with Gasteiger partial charge in [0.2, 0.25) is 0 Å². The fraction of sp³-hybridized carbons (Fsp3) is 1.00. The molecule has 0 saturated heterocycles. The van der Waals surface area contributed by atoms with Gasteiger partial charge in [-0.05, 0) is 0 Å². The summed E-state index contributed by atoms with van der Waals surface area (Å²) >= 11 is 0. The second kappa shape index (κ2) is 6.48. The molecular weight excluding hydrogens is 505 g/mol. The molecule has 0 saturated carbocycles. The smallest absolute Gasteiger partial charge is 0.741 e. The Kier molecular flexibility index (Phi) is 8.57. The normalized spacial score (nSPS) is 13.2.